The molecule has 7 nitrogen and oxygen atoms in total. The molecule has 0 saturated carbocycles. The molecule has 0 aliphatic carbocycles. The maximum absolute atomic E-state index is 11.4. The van der Waals surface area contributed by atoms with Crippen LogP contribution < -0.4 is 10.3 Å². The molecule has 1 aromatic rings. The third kappa shape index (κ3) is 3.46. The molecule has 0 atom stereocenters. The molecular formula is C18H25N5O2. The second-order valence-electron chi connectivity index (χ2n) is 7.27. The average molecular weight is 343 g/mol. The van der Waals surface area contributed by atoms with Gasteiger partial charge >= 0.3 is 0 Å². The minimum absolute atomic E-state index is 0.0892. The first kappa shape index (κ1) is 16.3. The van der Waals surface area contributed by atoms with Crippen LogP contribution in [-0.2, 0) is 0 Å². The highest BCUT2D eigenvalue weighted by Gasteiger charge is 2.31. The molecule has 2 bridgehead atoms. The number of piperidine rings is 4. The van der Waals surface area contributed by atoms with Crippen molar-refractivity contribution in [1.29, 1.82) is 0 Å². The Balaban J connectivity index is 1.57. The van der Waals surface area contributed by atoms with Gasteiger partial charge in [-0.2, -0.15) is 5.10 Å². The number of nitrogens with zero attached hydrogens (tertiary/aromatic N) is 4. The van der Waals surface area contributed by atoms with E-state index < -0.39 is 0 Å². The fraction of sp³-hybridized carbons (Fsp3) is 0.611. The van der Waals surface area contributed by atoms with Crippen molar-refractivity contribution in [3.63, 3.8) is 0 Å². The van der Waals surface area contributed by atoms with E-state index in [4.69, 9.17) is 0 Å². The van der Waals surface area contributed by atoms with Crippen molar-refractivity contribution in [3.8, 4) is 0 Å². The monoisotopic (exact) mass is 343 g/mol. The standard InChI is InChI=1S/C18H25N5O2/c24-23(25)18-5-4-15(22-8-2-1-3-9-22)12-16(18)19-20-17-13-21-10-6-14(17)7-11-21/h4-5,12,14,19H,1-3,6-11,13H2. The second kappa shape index (κ2) is 7.00. The molecular weight excluding hydrogens is 318 g/mol. The number of hydrogen-bond donors (Lipinski definition) is 1. The quantitative estimate of drug-likeness (QED) is 0.672. The van der Waals surface area contributed by atoms with Crippen LogP contribution in [0.1, 0.15) is 32.1 Å². The highest BCUT2D eigenvalue weighted by molar-refractivity contribution is 5.90. The first-order valence-electron chi connectivity index (χ1n) is 9.29. The van der Waals surface area contributed by atoms with Crippen LogP contribution >= 0.6 is 0 Å². The van der Waals surface area contributed by atoms with Gasteiger partial charge < -0.3 is 4.90 Å². The van der Waals surface area contributed by atoms with Crippen LogP contribution in [0.15, 0.2) is 23.3 Å². The smallest absolute Gasteiger partial charge is 0.294 e. The minimum Gasteiger partial charge on any atom is -0.371 e. The molecule has 4 saturated heterocycles. The summed E-state index contributed by atoms with van der Waals surface area (Å²) in [5.74, 6) is 0.529. The molecule has 1 N–H and O–H groups in total. The summed E-state index contributed by atoms with van der Waals surface area (Å²) < 4.78 is 0. The summed E-state index contributed by atoms with van der Waals surface area (Å²) in [4.78, 5) is 15.8. The summed E-state index contributed by atoms with van der Waals surface area (Å²) >= 11 is 0. The van der Waals surface area contributed by atoms with Crippen molar-refractivity contribution < 1.29 is 4.92 Å². The number of nitrogens with one attached hydrogen (secondary N) is 1. The van der Waals surface area contributed by atoms with Crippen LogP contribution in [0.2, 0.25) is 0 Å². The zero-order valence-electron chi connectivity index (χ0n) is 14.5. The Kier molecular flexibility index (Phi) is 4.57. The first-order valence-corrected chi connectivity index (χ1v) is 9.29. The largest absolute Gasteiger partial charge is 0.371 e. The minimum atomic E-state index is -0.334. The lowest BCUT2D eigenvalue weighted by Crippen LogP contribution is -2.48. The molecule has 25 heavy (non-hydrogen) atoms. The van der Waals surface area contributed by atoms with E-state index in [2.05, 4.69) is 20.3 Å². The van der Waals surface area contributed by atoms with Crippen LogP contribution in [0.25, 0.3) is 0 Å². The van der Waals surface area contributed by atoms with E-state index in [1.165, 1.54) is 19.3 Å². The molecule has 4 heterocycles. The normalized spacial score (nSPS) is 27.5. The number of nitro groups is 1. The van der Waals surface area contributed by atoms with Gasteiger partial charge in [0.05, 0.1) is 10.6 Å². The number of hydrogen-bond acceptors (Lipinski definition) is 6. The topological polar surface area (TPSA) is 74.0 Å². The van der Waals surface area contributed by atoms with Gasteiger partial charge in [-0.15, -0.1) is 0 Å². The lowest BCUT2D eigenvalue weighted by atomic mass is 9.87. The number of anilines is 2. The zero-order valence-corrected chi connectivity index (χ0v) is 14.5. The van der Waals surface area contributed by atoms with Gasteiger partial charge in [-0.1, -0.05) is 0 Å². The molecule has 1 aromatic carbocycles. The fourth-order valence-electron chi connectivity index (χ4n) is 4.16. The van der Waals surface area contributed by atoms with Gasteiger partial charge in [-0.3, -0.25) is 20.4 Å². The Morgan fingerprint density at radius 1 is 1.12 bits per heavy atom. The fourth-order valence-corrected chi connectivity index (χ4v) is 4.16. The van der Waals surface area contributed by atoms with Gasteiger partial charge in [0.1, 0.15) is 5.69 Å². The summed E-state index contributed by atoms with van der Waals surface area (Å²) in [6.45, 7) is 5.21. The van der Waals surface area contributed by atoms with E-state index in [0.29, 0.717) is 11.6 Å². The third-order valence-corrected chi connectivity index (χ3v) is 5.66. The Bertz CT molecular complexity index is 676. The van der Waals surface area contributed by atoms with E-state index >= 15 is 0 Å². The highest BCUT2D eigenvalue weighted by atomic mass is 16.6. The first-order chi connectivity index (χ1) is 12.2. The van der Waals surface area contributed by atoms with Gasteiger partial charge in [0.25, 0.3) is 5.69 Å². The van der Waals surface area contributed by atoms with Gasteiger partial charge in [0.2, 0.25) is 0 Å². The van der Waals surface area contributed by atoms with Gasteiger partial charge in [0, 0.05) is 37.3 Å². The summed E-state index contributed by atoms with van der Waals surface area (Å²) in [6.07, 6.45) is 5.92. The molecule has 5 rings (SSSR count). The van der Waals surface area contributed by atoms with Gasteiger partial charge in [0.15, 0.2) is 0 Å². The number of rotatable bonds is 4. The molecule has 0 radical (unpaired) electrons. The van der Waals surface area contributed by atoms with Crippen LogP contribution in [0.3, 0.4) is 0 Å². The number of fused-ring (bicyclic) bond motifs is 3. The Labute approximate surface area is 147 Å². The van der Waals surface area contributed by atoms with Gasteiger partial charge in [-0.05, 0) is 57.3 Å². The van der Waals surface area contributed by atoms with Crippen molar-refractivity contribution in [2.45, 2.75) is 32.1 Å². The maximum Gasteiger partial charge on any atom is 0.294 e. The maximum atomic E-state index is 11.4. The van der Waals surface area contributed by atoms with Crippen LogP contribution in [-0.4, -0.2) is 48.3 Å². The summed E-state index contributed by atoms with van der Waals surface area (Å²) in [7, 11) is 0. The average Bonchev–Trinajstić information content (AvgIpc) is 2.67. The van der Waals surface area contributed by atoms with E-state index in [1.807, 2.05) is 12.1 Å². The zero-order chi connectivity index (χ0) is 17.2. The predicted octanol–water partition coefficient (Wildman–Crippen LogP) is 3.08. The molecule has 0 spiro atoms. The van der Waals surface area contributed by atoms with E-state index in [1.54, 1.807) is 6.07 Å². The van der Waals surface area contributed by atoms with Crippen LogP contribution in [0.4, 0.5) is 17.1 Å². The van der Waals surface area contributed by atoms with Crippen molar-refractivity contribution in [3.05, 3.63) is 28.3 Å². The van der Waals surface area contributed by atoms with Crippen LogP contribution in [0.5, 0.6) is 0 Å². The van der Waals surface area contributed by atoms with E-state index in [0.717, 1.165) is 57.0 Å². The lowest BCUT2D eigenvalue weighted by Gasteiger charge is -2.39. The molecule has 0 aromatic heterocycles. The van der Waals surface area contributed by atoms with Gasteiger partial charge in [-0.25, -0.2) is 0 Å². The molecule has 4 aliphatic heterocycles. The molecule has 4 fully saturated rings. The summed E-state index contributed by atoms with van der Waals surface area (Å²) in [6, 6.07) is 5.34. The Morgan fingerprint density at radius 3 is 2.52 bits per heavy atom. The molecule has 7 heteroatoms. The highest BCUT2D eigenvalue weighted by Crippen LogP contribution is 2.32. The van der Waals surface area contributed by atoms with E-state index in [9.17, 15) is 10.1 Å². The van der Waals surface area contributed by atoms with E-state index in [-0.39, 0.29) is 10.6 Å². The number of nitro benzene ring substituents is 1. The summed E-state index contributed by atoms with van der Waals surface area (Å²) in [5.41, 5.74) is 5.79. The molecule has 134 valence electrons. The number of hydrazone groups is 1. The van der Waals surface area contributed by atoms with Crippen molar-refractivity contribution >= 4 is 22.8 Å². The third-order valence-electron chi connectivity index (χ3n) is 5.66. The molecule has 0 unspecified atom stereocenters. The predicted molar refractivity (Wildman–Crippen MR) is 99.4 cm³/mol. The lowest BCUT2D eigenvalue weighted by molar-refractivity contribution is -0.383. The van der Waals surface area contributed by atoms with Crippen molar-refractivity contribution in [2.24, 2.45) is 11.0 Å². The Hall–Kier alpha value is -2.15. The van der Waals surface area contributed by atoms with Crippen molar-refractivity contribution in [2.75, 3.05) is 43.0 Å². The molecule has 0 amide bonds. The Morgan fingerprint density at radius 2 is 1.88 bits per heavy atom. The second-order valence-corrected chi connectivity index (χ2v) is 7.27. The summed E-state index contributed by atoms with van der Waals surface area (Å²) in [5, 5.41) is 16.0. The van der Waals surface area contributed by atoms with Crippen molar-refractivity contribution in [1.82, 2.24) is 4.90 Å². The number of benzene rings is 1. The molecule has 4 aliphatic rings. The SMILES string of the molecule is O=[N+]([O-])c1ccc(N2CCCCC2)cc1NN=C1CN2CCC1CC2. The van der Waals surface area contributed by atoms with Crippen LogP contribution in [0, 0.1) is 16.0 Å².